The number of rotatable bonds is 5. The Hall–Kier alpha value is -2.11. The summed E-state index contributed by atoms with van der Waals surface area (Å²) in [5.41, 5.74) is 0.881. The lowest BCUT2D eigenvalue weighted by Gasteiger charge is -2.18. The number of carbonyl (C=O) groups is 2. The van der Waals surface area contributed by atoms with Crippen LogP contribution in [0.2, 0.25) is 0 Å². The highest BCUT2D eigenvalue weighted by molar-refractivity contribution is 5.76. The Morgan fingerprint density at radius 3 is 2.72 bits per heavy atom. The fraction of sp³-hybridized carbons (Fsp3) is 0.417. The van der Waals surface area contributed by atoms with Crippen molar-refractivity contribution >= 4 is 12.0 Å². The fourth-order valence-corrected chi connectivity index (χ4v) is 1.28. The number of aromatic nitrogens is 1. The van der Waals surface area contributed by atoms with E-state index < -0.39 is 17.9 Å². The second-order valence-electron chi connectivity index (χ2n) is 4.10. The topological polar surface area (TPSA) is 91.3 Å². The lowest BCUT2D eigenvalue weighted by Crippen LogP contribution is -2.45. The molecule has 0 aromatic carbocycles. The highest BCUT2D eigenvalue weighted by Gasteiger charge is 2.20. The molecule has 1 heterocycles. The van der Waals surface area contributed by atoms with Gasteiger partial charge < -0.3 is 15.7 Å². The second kappa shape index (κ2) is 6.58. The molecule has 1 rings (SSSR count). The van der Waals surface area contributed by atoms with E-state index in [2.05, 4.69) is 15.6 Å². The number of nitrogens with zero attached hydrogens (tertiary/aromatic N) is 1. The molecule has 0 saturated heterocycles. The summed E-state index contributed by atoms with van der Waals surface area (Å²) < 4.78 is 0. The van der Waals surface area contributed by atoms with Gasteiger partial charge in [0.1, 0.15) is 0 Å². The van der Waals surface area contributed by atoms with Crippen LogP contribution in [0.1, 0.15) is 19.4 Å². The van der Waals surface area contributed by atoms with Crippen LogP contribution < -0.4 is 10.6 Å². The molecule has 0 aliphatic heterocycles. The van der Waals surface area contributed by atoms with Gasteiger partial charge in [0, 0.05) is 25.0 Å². The van der Waals surface area contributed by atoms with Gasteiger partial charge in [0.15, 0.2) is 0 Å². The number of carbonyl (C=O) groups excluding carboxylic acids is 1. The quantitative estimate of drug-likeness (QED) is 0.727. The summed E-state index contributed by atoms with van der Waals surface area (Å²) in [6.45, 7) is 3.56. The smallest absolute Gasteiger partial charge is 0.315 e. The van der Waals surface area contributed by atoms with Gasteiger partial charge >= 0.3 is 12.0 Å². The number of carboxylic acid groups (broad SMARTS) is 1. The maximum atomic E-state index is 11.5. The number of hydrogen-bond donors (Lipinski definition) is 3. The molecule has 2 amide bonds. The number of amides is 2. The summed E-state index contributed by atoms with van der Waals surface area (Å²) in [4.78, 5) is 26.2. The molecule has 6 heteroatoms. The van der Waals surface area contributed by atoms with Gasteiger partial charge in [0.2, 0.25) is 0 Å². The SMILES string of the molecule is CC(NC(=O)NCc1cccnc1)C(C)C(=O)O. The summed E-state index contributed by atoms with van der Waals surface area (Å²) in [7, 11) is 0. The van der Waals surface area contributed by atoms with Crippen LogP contribution in [-0.2, 0) is 11.3 Å². The van der Waals surface area contributed by atoms with E-state index in [9.17, 15) is 9.59 Å². The Bertz CT molecular complexity index is 408. The van der Waals surface area contributed by atoms with Crippen LogP contribution in [0.3, 0.4) is 0 Å². The zero-order valence-electron chi connectivity index (χ0n) is 10.4. The molecule has 18 heavy (non-hydrogen) atoms. The second-order valence-corrected chi connectivity index (χ2v) is 4.10. The van der Waals surface area contributed by atoms with Crippen molar-refractivity contribution in [1.82, 2.24) is 15.6 Å². The van der Waals surface area contributed by atoms with Crippen molar-refractivity contribution in [3.05, 3.63) is 30.1 Å². The molecule has 0 bridgehead atoms. The summed E-state index contributed by atoms with van der Waals surface area (Å²) in [6, 6.07) is 2.80. The van der Waals surface area contributed by atoms with E-state index in [4.69, 9.17) is 5.11 Å². The van der Waals surface area contributed by atoms with Crippen LogP contribution in [-0.4, -0.2) is 28.1 Å². The summed E-state index contributed by atoms with van der Waals surface area (Å²) in [5.74, 6) is -1.57. The molecular weight excluding hydrogens is 234 g/mol. The first-order valence-corrected chi connectivity index (χ1v) is 5.66. The number of aliphatic carboxylic acids is 1. The predicted molar refractivity (Wildman–Crippen MR) is 65.9 cm³/mol. The van der Waals surface area contributed by atoms with Crippen molar-refractivity contribution in [2.24, 2.45) is 5.92 Å². The van der Waals surface area contributed by atoms with Gasteiger partial charge in [-0.2, -0.15) is 0 Å². The Kier molecular flexibility index (Phi) is 5.10. The van der Waals surface area contributed by atoms with Gasteiger partial charge in [-0.1, -0.05) is 6.07 Å². The van der Waals surface area contributed by atoms with E-state index in [0.29, 0.717) is 6.54 Å². The van der Waals surface area contributed by atoms with Gasteiger partial charge in [0.05, 0.1) is 5.92 Å². The van der Waals surface area contributed by atoms with Crippen LogP contribution in [0.5, 0.6) is 0 Å². The molecule has 0 aliphatic carbocycles. The summed E-state index contributed by atoms with van der Waals surface area (Å²) in [5, 5.41) is 14.0. The number of nitrogens with one attached hydrogen (secondary N) is 2. The fourth-order valence-electron chi connectivity index (χ4n) is 1.28. The number of urea groups is 1. The zero-order valence-corrected chi connectivity index (χ0v) is 10.4. The Labute approximate surface area is 105 Å². The molecule has 2 unspecified atom stereocenters. The van der Waals surface area contributed by atoms with Gasteiger partial charge in [-0.05, 0) is 25.5 Å². The maximum absolute atomic E-state index is 11.5. The summed E-state index contributed by atoms with van der Waals surface area (Å²) in [6.07, 6.45) is 3.31. The van der Waals surface area contributed by atoms with Crippen molar-refractivity contribution in [2.75, 3.05) is 0 Å². The molecule has 0 radical (unpaired) electrons. The minimum atomic E-state index is -0.935. The van der Waals surface area contributed by atoms with E-state index in [-0.39, 0.29) is 6.03 Å². The van der Waals surface area contributed by atoms with Crippen molar-refractivity contribution in [2.45, 2.75) is 26.4 Å². The summed E-state index contributed by atoms with van der Waals surface area (Å²) >= 11 is 0. The molecule has 2 atom stereocenters. The van der Waals surface area contributed by atoms with Crippen molar-refractivity contribution in [1.29, 1.82) is 0 Å². The monoisotopic (exact) mass is 251 g/mol. The third kappa shape index (κ3) is 4.40. The number of hydrogen-bond acceptors (Lipinski definition) is 3. The van der Waals surface area contributed by atoms with Crippen molar-refractivity contribution in [3.8, 4) is 0 Å². The largest absolute Gasteiger partial charge is 0.481 e. The van der Waals surface area contributed by atoms with E-state index >= 15 is 0 Å². The Morgan fingerprint density at radius 2 is 2.17 bits per heavy atom. The molecule has 1 aromatic rings. The van der Waals surface area contributed by atoms with E-state index in [1.165, 1.54) is 0 Å². The average Bonchev–Trinajstić information content (AvgIpc) is 2.36. The van der Waals surface area contributed by atoms with Crippen molar-refractivity contribution < 1.29 is 14.7 Å². The molecule has 0 aliphatic rings. The minimum Gasteiger partial charge on any atom is -0.481 e. The van der Waals surface area contributed by atoms with E-state index in [0.717, 1.165) is 5.56 Å². The van der Waals surface area contributed by atoms with Crippen LogP contribution in [0.4, 0.5) is 4.79 Å². The average molecular weight is 251 g/mol. The molecule has 0 fully saturated rings. The maximum Gasteiger partial charge on any atom is 0.315 e. The van der Waals surface area contributed by atoms with Crippen LogP contribution >= 0.6 is 0 Å². The molecule has 0 spiro atoms. The minimum absolute atomic E-state index is 0.355. The van der Waals surface area contributed by atoms with Gasteiger partial charge in [-0.3, -0.25) is 9.78 Å². The lowest BCUT2D eigenvalue weighted by molar-refractivity contribution is -0.141. The van der Waals surface area contributed by atoms with Crippen LogP contribution in [0.15, 0.2) is 24.5 Å². The van der Waals surface area contributed by atoms with E-state index in [1.54, 1.807) is 32.3 Å². The predicted octanol–water partition coefficient (Wildman–Crippen LogP) is 0.990. The van der Waals surface area contributed by atoms with Gasteiger partial charge in [0.25, 0.3) is 0 Å². The highest BCUT2D eigenvalue weighted by Crippen LogP contribution is 2.02. The first-order chi connectivity index (χ1) is 8.50. The van der Waals surface area contributed by atoms with Crippen LogP contribution in [0.25, 0.3) is 0 Å². The number of carboxylic acids is 1. The third-order valence-corrected chi connectivity index (χ3v) is 2.67. The van der Waals surface area contributed by atoms with Gasteiger partial charge in [-0.15, -0.1) is 0 Å². The normalized spacial score (nSPS) is 13.4. The third-order valence-electron chi connectivity index (χ3n) is 2.67. The zero-order chi connectivity index (χ0) is 13.5. The number of pyridine rings is 1. The standard InChI is InChI=1S/C12H17N3O3/c1-8(11(16)17)9(2)15-12(18)14-7-10-4-3-5-13-6-10/h3-6,8-9H,7H2,1-2H3,(H,16,17)(H2,14,15,18). The lowest BCUT2D eigenvalue weighted by atomic mass is 10.0. The molecule has 1 aromatic heterocycles. The molecule has 6 nitrogen and oxygen atoms in total. The first-order valence-electron chi connectivity index (χ1n) is 5.66. The first kappa shape index (κ1) is 14.0. The van der Waals surface area contributed by atoms with Gasteiger partial charge in [-0.25, -0.2) is 4.79 Å². The highest BCUT2D eigenvalue weighted by atomic mass is 16.4. The van der Waals surface area contributed by atoms with Crippen LogP contribution in [0, 0.1) is 5.92 Å². The Balaban J connectivity index is 2.36. The molecule has 3 N–H and O–H groups in total. The molecule has 0 saturated carbocycles. The Morgan fingerprint density at radius 1 is 1.44 bits per heavy atom. The van der Waals surface area contributed by atoms with E-state index in [1.807, 2.05) is 6.07 Å². The molecule has 98 valence electrons. The molecular formula is C12H17N3O3. The van der Waals surface area contributed by atoms with Crippen molar-refractivity contribution in [3.63, 3.8) is 0 Å².